The summed E-state index contributed by atoms with van der Waals surface area (Å²) in [4.78, 5) is 11.4. The van der Waals surface area contributed by atoms with Crippen LogP contribution in [-0.2, 0) is 21.9 Å². The molecule has 0 fully saturated rings. The van der Waals surface area contributed by atoms with Gasteiger partial charge in [0.15, 0.2) is 12.4 Å². The Balaban J connectivity index is 2.88. The number of pyridine rings is 1. The van der Waals surface area contributed by atoms with Crippen LogP contribution in [0.2, 0.25) is 0 Å². The van der Waals surface area contributed by atoms with Crippen molar-refractivity contribution in [2.75, 3.05) is 14.2 Å². The maximum atomic E-state index is 11.4. The summed E-state index contributed by atoms with van der Waals surface area (Å²) in [7, 11) is 3.00. The van der Waals surface area contributed by atoms with Gasteiger partial charge in [-0.15, -0.1) is 4.57 Å². The maximum Gasteiger partial charge on any atom is 0.382 e. The first-order chi connectivity index (χ1) is 8.38. The number of carbonyl (C=O) groups is 1. The van der Waals surface area contributed by atoms with Gasteiger partial charge in [0.05, 0.1) is 14.0 Å². The summed E-state index contributed by atoms with van der Waals surface area (Å²) in [5, 5.41) is 21.8. The molecule has 0 aromatic carbocycles. The zero-order chi connectivity index (χ0) is 13.8. The maximum absolute atomic E-state index is 11.4. The van der Waals surface area contributed by atoms with Gasteiger partial charge in [-0.3, -0.25) is 4.79 Å². The van der Waals surface area contributed by atoms with Crippen molar-refractivity contribution < 1.29 is 24.3 Å². The van der Waals surface area contributed by atoms with Crippen molar-refractivity contribution in [1.29, 1.82) is 0 Å². The van der Waals surface area contributed by atoms with E-state index in [9.17, 15) is 15.0 Å². The Labute approximate surface area is 106 Å². The first kappa shape index (κ1) is 14.6. The Kier molecular flexibility index (Phi) is 4.77. The number of carbonyl (C=O) groups excluding carboxylic acids is 1. The van der Waals surface area contributed by atoms with Crippen LogP contribution < -0.4 is 9.88 Å². The zero-order valence-corrected chi connectivity index (χ0v) is 10.8. The van der Waals surface area contributed by atoms with Crippen LogP contribution in [0.15, 0.2) is 24.5 Å². The molecule has 0 aliphatic carbocycles. The lowest BCUT2D eigenvalue weighted by Crippen LogP contribution is -2.54. The number of esters is 1. The number of rotatable bonds is 5. The number of nitrogens with zero attached hydrogens (tertiary/aromatic N) is 1. The summed E-state index contributed by atoms with van der Waals surface area (Å²) >= 11 is 0. The number of hydrogen-bond acceptors (Lipinski definition) is 5. The fourth-order valence-corrected chi connectivity index (χ4v) is 1.59. The molecule has 1 heterocycles. The third-order valence-corrected chi connectivity index (χ3v) is 2.63. The quantitative estimate of drug-likeness (QED) is 0.353. The molecule has 1 rings (SSSR count). The molecule has 0 radical (unpaired) electrons. The minimum atomic E-state index is -1.96. The van der Waals surface area contributed by atoms with Crippen LogP contribution in [0, 0.1) is 0 Å². The largest absolute Gasteiger partial charge is 0.468 e. The van der Waals surface area contributed by atoms with E-state index < -0.39 is 12.0 Å². The van der Waals surface area contributed by atoms with Gasteiger partial charge < -0.3 is 20.3 Å². The number of aliphatic hydroxyl groups is 2. The van der Waals surface area contributed by atoms with Gasteiger partial charge in [-0.05, 0) is 13.1 Å². The smallest absolute Gasteiger partial charge is 0.382 e. The van der Waals surface area contributed by atoms with Crippen molar-refractivity contribution in [3.63, 3.8) is 0 Å². The molecular weight excluding hydrogens is 236 g/mol. The third-order valence-electron chi connectivity index (χ3n) is 2.63. The molecule has 3 N–H and O–H groups in total. The van der Waals surface area contributed by atoms with Crippen LogP contribution in [0.1, 0.15) is 12.5 Å². The van der Waals surface area contributed by atoms with Crippen molar-refractivity contribution in [2.45, 2.75) is 25.3 Å². The van der Waals surface area contributed by atoms with Gasteiger partial charge in [-0.1, -0.05) is 0 Å². The molecule has 1 aromatic rings. The number of hydrogen-bond donors (Lipinski definition) is 3. The van der Waals surface area contributed by atoms with Gasteiger partial charge in [0.2, 0.25) is 0 Å². The average Bonchev–Trinajstić information content (AvgIpc) is 2.34. The van der Waals surface area contributed by atoms with E-state index in [4.69, 9.17) is 0 Å². The fourth-order valence-electron chi connectivity index (χ4n) is 1.59. The minimum absolute atomic E-state index is 0.358. The Morgan fingerprint density at radius 3 is 2.78 bits per heavy atom. The van der Waals surface area contributed by atoms with E-state index in [-0.39, 0.29) is 5.97 Å². The van der Waals surface area contributed by atoms with Crippen LogP contribution in [-0.4, -0.2) is 36.4 Å². The molecule has 0 aliphatic heterocycles. The number of ether oxygens (including phenoxy) is 1. The molecule has 0 amide bonds. The fraction of sp³-hybridized carbons (Fsp3) is 0.500. The van der Waals surface area contributed by atoms with E-state index in [1.807, 2.05) is 0 Å². The van der Waals surface area contributed by atoms with Gasteiger partial charge >= 0.3 is 11.9 Å². The van der Waals surface area contributed by atoms with E-state index in [2.05, 4.69) is 10.1 Å². The molecule has 18 heavy (non-hydrogen) atoms. The molecule has 100 valence electrons. The van der Waals surface area contributed by atoms with E-state index in [0.29, 0.717) is 6.42 Å². The molecule has 0 bridgehead atoms. The van der Waals surface area contributed by atoms with Crippen LogP contribution in [0.4, 0.5) is 0 Å². The first-order valence-corrected chi connectivity index (χ1v) is 5.59. The van der Waals surface area contributed by atoms with Crippen molar-refractivity contribution in [2.24, 2.45) is 0 Å². The third kappa shape index (κ3) is 3.76. The van der Waals surface area contributed by atoms with Gasteiger partial charge in [0, 0.05) is 18.1 Å². The van der Waals surface area contributed by atoms with Crippen LogP contribution in [0.5, 0.6) is 0 Å². The molecule has 1 atom stereocenters. The molecule has 6 nitrogen and oxygen atoms in total. The van der Waals surface area contributed by atoms with Gasteiger partial charge in [0.1, 0.15) is 6.04 Å². The van der Waals surface area contributed by atoms with E-state index in [1.54, 1.807) is 25.4 Å². The van der Waals surface area contributed by atoms with Gasteiger partial charge in [0.25, 0.3) is 0 Å². The van der Waals surface area contributed by atoms with Gasteiger partial charge in [-0.25, -0.2) is 0 Å². The number of likely N-dealkylation sites (N-methyl/N-ethyl adjacent to an activating group) is 1. The standard InChI is InChI=1S/C12H19N2O4/c1-12(16,17)14-6-4-5-9(8-14)7-10(13-2)11(15)18-3/h4-6,8,10,13,16-17H,7H2,1-3H3/q+1/t10-/m0/s1. The highest BCUT2D eigenvalue weighted by atomic mass is 16.5. The number of nitrogens with one attached hydrogen (secondary N) is 1. The number of aromatic nitrogens is 1. The molecule has 0 saturated carbocycles. The van der Waals surface area contributed by atoms with Crippen LogP contribution >= 0.6 is 0 Å². The summed E-state index contributed by atoms with van der Waals surface area (Å²) in [5.74, 6) is -2.32. The Hall–Kier alpha value is -1.50. The topological polar surface area (TPSA) is 82.7 Å². The predicted octanol–water partition coefficient (Wildman–Crippen LogP) is -1.11. The van der Waals surface area contributed by atoms with Gasteiger partial charge in [-0.2, -0.15) is 0 Å². The van der Waals surface area contributed by atoms with Crippen molar-refractivity contribution in [3.05, 3.63) is 30.1 Å². The van der Waals surface area contributed by atoms with Crippen molar-refractivity contribution in [1.82, 2.24) is 5.32 Å². The van der Waals surface area contributed by atoms with E-state index >= 15 is 0 Å². The van der Waals surface area contributed by atoms with E-state index in [0.717, 1.165) is 5.56 Å². The lowest BCUT2D eigenvalue weighted by atomic mass is 10.1. The zero-order valence-electron chi connectivity index (χ0n) is 10.8. The Morgan fingerprint density at radius 1 is 1.61 bits per heavy atom. The second-order valence-corrected chi connectivity index (χ2v) is 4.16. The second kappa shape index (κ2) is 5.90. The lowest BCUT2D eigenvalue weighted by Gasteiger charge is -2.14. The van der Waals surface area contributed by atoms with Crippen LogP contribution in [0.25, 0.3) is 0 Å². The summed E-state index contributed by atoms with van der Waals surface area (Å²) in [6, 6.07) is 3.02. The highest BCUT2D eigenvalue weighted by Gasteiger charge is 2.27. The highest BCUT2D eigenvalue weighted by molar-refractivity contribution is 5.75. The average molecular weight is 255 g/mol. The Bertz CT molecular complexity index is 415. The molecule has 0 saturated heterocycles. The summed E-state index contributed by atoms with van der Waals surface area (Å²) in [5.41, 5.74) is 0.788. The lowest BCUT2D eigenvalue weighted by molar-refractivity contribution is -0.848. The second-order valence-electron chi connectivity index (χ2n) is 4.16. The van der Waals surface area contributed by atoms with Crippen molar-refractivity contribution in [3.8, 4) is 0 Å². The molecule has 6 heteroatoms. The SMILES string of the molecule is CN[C@@H](Cc1ccc[n+](C(C)(O)O)c1)C(=O)OC. The van der Waals surface area contributed by atoms with Crippen LogP contribution in [0.3, 0.4) is 0 Å². The molecule has 0 aliphatic rings. The normalized spacial score (nSPS) is 13.2. The van der Waals surface area contributed by atoms with Crippen molar-refractivity contribution >= 4 is 5.97 Å². The highest BCUT2D eigenvalue weighted by Crippen LogP contribution is 2.04. The monoisotopic (exact) mass is 255 g/mol. The summed E-state index contributed by atoms with van der Waals surface area (Å²) in [6.07, 6.45) is 3.52. The minimum Gasteiger partial charge on any atom is -0.468 e. The molecule has 0 spiro atoms. The van der Waals surface area contributed by atoms with E-state index in [1.165, 1.54) is 24.8 Å². The molecule has 0 unspecified atom stereocenters. The first-order valence-electron chi connectivity index (χ1n) is 5.59. The summed E-state index contributed by atoms with van der Waals surface area (Å²) < 4.78 is 5.92. The molecular formula is C12H19N2O4+. The number of methoxy groups -OCH3 is 1. The Morgan fingerprint density at radius 2 is 2.28 bits per heavy atom. The molecule has 1 aromatic heterocycles. The summed E-state index contributed by atoms with van der Waals surface area (Å²) in [6.45, 7) is 1.26. The predicted molar refractivity (Wildman–Crippen MR) is 63.3 cm³/mol.